The number of alkyl halides is 3. The molecule has 2 aromatic carbocycles. The van der Waals surface area contributed by atoms with Gasteiger partial charge in [-0.2, -0.15) is 13.2 Å². The number of nitrogens with one attached hydrogen (secondary N) is 1. The van der Waals surface area contributed by atoms with E-state index in [2.05, 4.69) is 5.32 Å². The smallest absolute Gasteiger partial charge is 0.398 e. The average molecular weight is 316 g/mol. The standard InChI is InChI=1S/C14H9F5N2O/c15-7-1-3-9(12(20)5-7)13(22)21-8-2-4-11(16)10(6-8)14(17,18)19/h1-6H,20H2,(H,21,22). The van der Waals surface area contributed by atoms with Crippen molar-refractivity contribution in [2.75, 3.05) is 11.1 Å². The Morgan fingerprint density at radius 1 is 1.05 bits per heavy atom. The maximum absolute atomic E-state index is 13.1. The Morgan fingerprint density at radius 3 is 2.32 bits per heavy atom. The van der Waals surface area contributed by atoms with E-state index in [4.69, 9.17) is 5.73 Å². The maximum atomic E-state index is 13.1. The Kier molecular flexibility index (Phi) is 4.03. The van der Waals surface area contributed by atoms with E-state index in [1.807, 2.05) is 0 Å². The highest BCUT2D eigenvalue weighted by molar-refractivity contribution is 6.07. The van der Waals surface area contributed by atoms with Crippen LogP contribution in [0.15, 0.2) is 36.4 Å². The molecule has 0 fully saturated rings. The zero-order chi connectivity index (χ0) is 16.5. The molecule has 0 radical (unpaired) electrons. The Balaban J connectivity index is 2.29. The fourth-order valence-electron chi connectivity index (χ4n) is 1.76. The predicted octanol–water partition coefficient (Wildman–Crippen LogP) is 3.82. The number of benzene rings is 2. The summed E-state index contributed by atoms with van der Waals surface area (Å²) >= 11 is 0. The molecule has 0 aliphatic carbocycles. The van der Waals surface area contributed by atoms with Crippen LogP contribution in [0.25, 0.3) is 0 Å². The Hall–Kier alpha value is -2.64. The summed E-state index contributed by atoms with van der Waals surface area (Å²) in [7, 11) is 0. The first-order valence-electron chi connectivity index (χ1n) is 5.91. The van der Waals surface area contributed by atoms with Crippen LogP contribution in [0.5, 0.6) is 0 Å². The second-order valence-electron chi connectivity index (χ2n) is 4.38. The van der Waals surface area contributed by atoms with Crippen LogP contribution in [-0.4, -0.2) is 5.91 Å². The molecule has 0 aromatic heterocycles. The molecule has 0 aliphatic rings. The number of anilines is 2. The molecule has 3 N–H and O–H groups in total. The molecule has 2 aromatic rings. The van der Waals surface area contributed by atoms with E-state index in [9.17, 15) is 26.7 Å². The van der Waals surface area contributed by atoms with Gasteiger partial charge >= 0.3 is 6.18 Å². The van der Waals surface area contributed by atoms with Crippen LogP contribution in [0.2, 0.25) is 0 Å². The second-order valence-corrected chi connectivity index (χ2v) is 4.38. The number of carbonyl (C=O) groups excluding carboxylic acids is 1. The van der Waals surface area contributed by atoms with Gasteiger partial charge in [0.1, 0.15) is 11.6 Å². The lowest BCUT2D eigenvalue weighted by molar-refractivity contribution is -0.139. The lowest BCUT2D eigenvalue weighted by Gasteiger charge is -2.11. The molecule has 0 spiro atoms. The van der Waals surface area contributed by atoms with Crippen molar-refractivity contribution in [3.63, 3.8) is 0 Å². The number of amides is 1. The van der Waals surface area contributed by atoms with Gasteiger partial charge in [-0.25, -0.2) is 8.78 Å². The van der Waals surface area contributed by atoms with Crippen LogP contribution < -0.4 is 11.1 Å². The van der Waals surface area contributed by atoms with Gasteiger partial charge in [0.25, 0.3) is 5.91 Å². The number of nitrogen functional groups attached to an aromatic ring is 1. The van der Waals surface area contributed by atoms with E-state index < -0.39 is 29.3 Å². The van der Waals surface area contributed by atoms with Crippen LogP contribution in [-0.2, 0) is 6.18 Å². The normalized spacial score (nSPS) is 11.3. The van der Waals surface area contributed by atoms with Crippen molar-refractivity contribution < 1.29 is 26.7 Å². The molecule has 0 atom stereocenters. The lowest BCUT2D eigenvalue weighted by atomic mass is 10.1. The highest BCUT2D eigenvalue weighted by Gasteiger charge is 2.34. The number of halogens is 5. The largest absolute Gasteiger partial charge is 0.419 e. The lowest BCUT2D eigenvalue weighted by Crippen LogP contribution is -2.15. The van der Waals surface area contributed by atoms with Crippen molar-refractivity contribution in [2.24, 2.45) is 0 Å². The molecule has 2 rings (SSSR count). The molecular formula is C14H9F5N2O. The molecule has 0 aliphatic heterocycles. The van der Waals surface area contributed by atoms with Crippen molar-refractivity contribution in [3.8, 4) is 0 Å². The minimum Gasteiger partial charge on any atom is -0.398 e. The zero-order valence-corrected chi connectivity index (χ0v) is 10.8. The zero-order valence-electron chi connectivity index (χ0n) is 10.8. The number of hydrogen-bond donors (Lipinski definition) is 2. The highest BCUT2D eigenvalue weighted by atomic mass is 19.4. The van der Waals surface area contributed by atoms with Gasteiger partial charge in [0.2, 0.25) is 0 Å². The van der Waals surface area contributed by atoms with Crippen LogP contribution in [0, 0.1) is 11.6 Å². The van der Waals surface area contributed by atoms with Crippen molar-refractivity contribution in [2.45, 2.75) is 6.18 Å². The topological polar surface area (TPSA) is 55.1 Å². The molecule has 0 saturated heterocycles. The van der Waals surface area contributed by atoms with Gasteiger partial charge in [-0.05, 0) is 36.4 Å². The van der Waals surface area contributed by atoms with Crippen molar-refractivity contribution >= 4 is 17.3 Å². The molecule has 1 amide bonds. The molecule has 8 heteroatoms. The van der Waals surface area contributed by atoms with Crippen molar-refractivity contribution in [1.29, 1.82) is 0 Å². The first-order valence-corrected chi connectivity index (χ1v) is 5.91. The molecule has 0 saturated carbocycles. The third kappa shape index (κ3) is 3.33. The quantitative estimate of drug-likeness (QED) is 0.654. The number of nitrogens with two attached hydrogens (primary N) is 1. The number of rotatable bonds is 2. The van der Waals surface area contributed by atoms with Gasteiger partial charge in [-0.1, -0.05) is 0 Å². The molecule has 22 heavy (non-hydrogen) atoms. The summed E-state index contributed by atoms with van der Waals surface area (Å²) in [5.74, 6) is -2.95. The van der Waals surface area contributed by atoms with Crippen LogP contribution >= 0.6 is 0 Å². The van der Waals surface area contributed by atoms with Gasteiger partial charge in [0.05, 0.1) is 11.1 Å². The average Bonchev–Trinajstić information content (AvgIpc) is 2.39. The monoisotopic (exact) mass is 316 g/mol. The Labute approximate surface area is 121 Å². The van der Waals surface area contributed by atoms with Crippen LogP contribution in [0.4, 0.5) is 33.3 Å². The highest BCUT2D eigenvalue weighted by Crippen LogP contribution is 2.33. The summed E-state index contributed by atoms with van der Waals surface area (Å²) in [5, 5.41) is 2.15. The van der Waals surface area contributed by atoms with E-state index in [1.54, 1.807) is 0 Å². The first kappa shape index (κ1) is 15.7. The van der Waals surface area contributed by atoms with Gasteiger partial charge in [0, 0.05) is 11.4 Å². The van der Waals surface area contributed by atoms with E-state index in [0.29, 0.717) is 12.1 Å². The van der Waals surface area contributed by atoms with Gasteiger partial charge < -0.3 is 11.1 Å². The summed E-state index contributed by atoms with van der Waals surface area (Å²) in [6.45, 7) is 0. The summed E-state index contributed by atoms with van der Waals surface area (Å²) in [6, 6.07) is 5.01. The molecular weight excluding hydrogens is 307 g/mol. The molecule has 3 nitrogen and oxygen atoms in total. The third-order valence-corrected chi connectivity index (χ3v) is 2.79. The SMILES string of the molecule is Nc1cc(F)ccc1C(=O)Nc1ccc(F)c(C(F)(F)F)c1. The van der Waals surface area contributed by atoms with Crippen molar-refractivity contribution in [3.05, 3.63) is 59.2 Å². The summed E-state index contributed by atoms with van der Waals surface area (Å²) in [6.07, 6.45) is -4.89. The summed E-state index contributed by atoms with van der Waals surface area (Å²) < 4.78 is 63.8. The molecule has 116 valence electrons. The molecule has 0 heterocycles. The van der Waals surface area contributed by atoms with Gasteiger partial charge in [-0.15, -0.1) is 0 Å². The molecule has 0 unspecified atom stereocenters. The van der Waals surface area contributed by atoms with E-state index in [-0.39, 0.29) is 16.9 Å². The summed E-state index contributed by atoms with van der Waals surface area (Å²) in [4.78, 5) is 11.9. The number of hydrogen-bond acceptors (Lipinski definition) is 2. The second kappa shape index (κ2) is 5.63. The third-order valence-electron chi connectivity index (χ3n) is 2.79. The van der Waals surface area contributed by atoms with E-state index >= 15 is 0 Å². The predicted molar refractivity (Wildman–Crippen MR) is 70.2 cm³/mol. The minimum absolute atomic E-state index is 0.112. The van der Waals surface area contributed by atoms with Gasteiger partial charge in [0.15, 0.2) is 0 Å². The van der Waals surface area contributed by atoms with E-state index in [1.165, 1.54) is 0 Å². The minimum atomic E-state index is -4.89. The van der Waals surface area contributed by atoms with Crippen LogP contribution in [0.3, 0.4) is 0 Å². The van der Waals surface area contributed by atoms with Crippen LogP contribution in [0.1, 0.15) is 15.9 Å². The molecule has 0 bridgehead atoms. The maximum Gasteiger partial charge on any atom is 0.419 e. The summed E-state index contributed by atoms with van der Waals surface area (Å²) in [5.41, 5.74) is 3.41. The number of carbonyl (C=O) groups is 1. The van der Waals surface area contributed by atoms with Gasteiger partial charge in [-0.3, -0.25) is 4.79 Å². The first-order chi connectivity index (χ1) is 10.2. The fourth-order valence-corrected chi connectivity index (χ4v) is 1.76. The Morgan fingerprint density at radius 2 is 1.73 bits per heavy atom. The van der Waals surface area contributed by atoms with Crippen molar-refractivity contribution in [1.82, 2.24) is 0 Å². The fraction of sp³-hybridized carbons (Fsp3) is 0.0714. The Bertz CT molecular complexity index is 728. The van der Waals surface area contributed by atoms with E-state index in [0.717, 1.165) is 24.3 Å².